The van der Waals surface area contributed by atoms with Crippen molar-refractivity contribution < 1.29 is 41.7 Å². The van der Waals surface area contributed by atoms with Crippen LogP contribution in [-0.4, -0.2) is 50.3 Å². The molecule has 0 aliphatic rings. The van der Waals surface area contributed by atoms with Crippen LogP contribution in [0.3, 0.4) is 0 Å². The highest BCUT2D eigenvalue weighted by molar-refractivity contribution is 6.04. The van der Waals surface area contributed by atoms with Gasteiger partial charge in [0.2, 0.25) is 5.88 Å². The zero-order chi connectivity index (χ0) is 29.4. The fourth-order valence-electron chi connectivity index (χ4n) is 3.97. The number of aliphatic hydroxyl groups is 2. The molecule has 0 aliphatic heterocycles. The molecule has 0 saturated heterocycles. The summed E-state index contributed by atoms with van der Waals surface area (Å²) in [4.78, 5) is 36.3. The van der Waals surface area contributed by atoms with Gasteiger partial charge in [0.05, 0.1) is 40.4 Å². The quantitative estimate of drug-likeness (QED) is 0.251. The maximum atomic E-state index is 14.1. The summed E-state index contributed by atoms with van der Waals surface area (Å²) in [7, 11) is 0. The average molecular weight is 564 g/mol. The van der Waals surface area contributed by atoms with Gasteiger partial charge in [-0.25, -0.2) is 13.8 Å². The standard InChI is InChI=1S/C26H21F5N4O5/c1-11-14(26(29,30)31)9-34-25(40-19-4-3-15(27)22(28)12(19)2)20(11)17-7-18(38)21-16(35-17)5-6-32-23(21)24(39)33-8-13(37)10-36/h3-7,9,13,36-37H,8,10H2,1-2H3,(H,33,39)(H,35,38)/t13-/m1/s1. The average Bonchev–Trinajstić information content (AvgIpc) is 2.90. The number of amides is 1. The number of pyridine rings is 3. The van der Waals surface area contributed by atoms with Crippen molar-refractivity contribution in [3.8, 4) is 22.9 Å². The zero-order valence-electron chi connectivity index (χ0n) is 20.9. The summed E-state index contributed by atoms with van der Waals surface area (Å²) in [5, 5.41) is 20.5. The number of carbonyl (C=O) groups excluding carboxylic acids is 1. The number of aromatic nitrogens is 3. The predicted octanol–water partition coefficient (Wildman–Crippen LogP) is 3.77. The van der Waals surface area contributed by atoms with E-state index in [4.69, 9.17) is 9.84 Å². The molecule has 0 aliphatic carbocycles. The number of fused-ring (bicyclic) bond motifs is 1. The van der Waals surface area contributed by atoms with Crippen LogP contribution in [0.15, 0.2) is 41.5 Å². The molecule has 1 amide bonds. The molecular formula is C26H21F5N4O5. The van der Waals surface area contributed by atoms with Crippen molar-refractivity contribution in [3.63, 3.8) is 0 Å². The summed E-state index contributed by atoms with van der Waals surface area (Å²) in [5.41, 5.74) is -3.32. The summed E-state index contributed by atoms with van der Waals surface area (Å²) in [6, 6.07) is 4.11. The molecule has 0 saturated carbocycles. The Bertz CT molecular complexity index is 1670. The van der Waals surface area contributed by atoms with Crippen LogP contribution in [0.2, 0.25) is 0 Å². The number of benzene rings is 1. The van der Waals surface area contributed by atoms with Crippen molar-refractivity contribution in [2.45, 2.75) is 26.1 Å². The predicted molar refractivity (Wildman–Crippen MR) is 132 cm³/mol. The molecule has 1 atom stereocenters. The Labute approximate surface area is 222 Å². The molecule has 0 bridgehead atoms. The molecule has 14 heteroatoms. The maximum Gasteiger partial charge on any atom is 0.418 e. The van der Waals surface area contributed by atoms with Crippen LogP contribution in [0.25, 0.3) is 22.2 Å². The molecule has 210 valence electrons. The summed E-state index contributed by atoms with van der Waals surface area (Å²) >= 11 is 0. The molecule has 3 heterocycles. The first-order valence-electron chi connectivity index (χ1n) is 11.6. The third-order valence-electron chi connectivity index (χ3n) is 6.04. The van der Waals surface area contributed by atoms with Crippen molar-refractivity contribution >= 4 is 16.8 Å². The van der Waals surface area contributed by atoms with Gasteiger partial charge >= 0.3 is 6.18 Å². The van der Waals surface area contributed by atoms with Gasteiger partial charge in [0.15, 0.2) is 17.1 Å². The minimum Gasteiger partial charge on any atom is -0.438 e. The Morgan fingerprint density at radius 2 is 1.88 bits per heavy atom. The van der Waals surface area contributed by atoms with E-state index in [-0.39, 0.29) is 51.3 Å². The number of nitrogens with one attached hydrogen (secondary N) is 2. The monoisotopic (exact) mass is 564 g/mol. The van der Waals surface area contributed by atoms with Gasteiger partial charge in [-0.2, -0.15) is 13.2 Å². The Hall–Kier alpha value is -4.43. The number of halogens is 5. The Morgan fingerprint density at radius 1 is 1.15 bits per heavy atom. The fraction of sp³-hybridized carbons (Fsp3) is 0.231. The summed E-state index contributed by atoms with van der Waals surface area (Å²) in [6.07, 6.45) is -4.38. The van der Waals surface area contributed by atoms with Crippen LogP contribution in [0.1, 0.15) is 27.2 Å². The molecule has 40 heavy (non-hydrogen) atoms. The van der Waals surface area contributed by atoms with E-state index in [1.54, 1.807) is 0 Å². The first-order chi connectivity index (χ1) is 18.8. The Balaban J connectivity index is 1.89. The highest BCUT2D eigenvalue weighted by Gasteiger charge is 2.35. The molecule has 4 aromatic rings. The molecule has 0 fully saturated rings. The van der Waals surface area contributed by atoms with Gasteiger partial charge in [-0.05, 0) is 37.6 Å². The van der Waals surface area contributed by atoms with E-state index < -0.39 is 53.3 Å². The lowest BCUT2D eigenvalue weighted by molar-refractivity contribution is -0.138. The highest BCUT2D eigenvalue weighted by atomic mass is 19.4. The van der Waals surface area contributed by atoms with E-state index in [1.807, 2.05) is 0 Å². The van der Waals surface area contributed by atoms with Gasteiger partial charge in [-0.3, -0.25) is 14.6 Å². The highest BCUT2D eigenvalue weighted by Crippen LogP contribution is 2.41. The molecule has 3 aromatic heterocycles. The van der Waals surface area contributed by atoms with Crippen LogP contribution in [0, 0.1) is 25.5 Å². The largest absolute Gasteiger partial charge is 0.438 e. The fourth-order valence-corrected chi connectivity index (χ4v) is 3.97. The van der Waals surface area contributed by atoms with Crippen LogP contribution in [-0.2, 0) is 6.18 Å². The number of nitrogens with zero attached hydrogens (tertiary/aromatic N) is 2. The van der Waals surface area contributed by atoms with Crippen LogP contribution in [0.4, 0.5) is 22.0 Å². The zero-order valence-corrected chi connectivity index (χ0v) is 20.9. The van der Waals surface area contributed by atoms with E-state index in [9.17, 15) is 36.6 Å². The van der Waals surface area contributed by atoms with E-state index in [1.165, 1.54) is 19.2 Å². The smallest absolute Gasteiger partial charge is 0.418 e. The molecular weight excluding hydrogens is 543 g/mol. The number of aliphatic hydroxyl groups excluding tert-OH is 2. The lowest BCUT2D eigenvalue weighted by Crippen LogP contribution is -2.34. The molecule has 4 N–H and O–H groups in total. The summed E-state index contributed by atoms with van der Waals surface area (Å²) < 4.78 is 74.7. The van der Waals surface area contributed by atoms with Crippen LogP contribution < -0.4 is 15.5 Å². The molecule has 0 radical (unpaired) electrons. The number of carbonyl (C=O) groups is 1. The Kier molecular flexibility index (Phi) is 7.84. The molecule has 4 rings (SSSR count). The molecule has 9 nitrogen and oxygen atoms in total. The van der Waals surface area contributed by atoms with Gasteiger partial charge < -0.3 is 25.3 Å². The van der Waals surface area contributed by atoms with Crippen molar-refractivity contribution in [2.24, 2.45) is 0 Å². The van der Waals surface area contributed by atoms with E-state index in [2.05, 4.69) is 20.3 Å². The first kappa shape index (κ1) is 28.6. The third-order valence-corrected chi connectivity index (χ3v) is 6.04. The number of ether oxygens (including phenoxy) is 1. The minimum atomic E-state index is -4.83. The number of rotatable bonds is 7. The second-order valence-corrected chi connectivity index (χ2v) is 8.74. The van der Waals surface area contributed by atoms with Crippen LogP contribution in [0.5, 0.6) is 11.6 Å². The first-order valence-corrected chi connectivity index (χ1v) is 11.6. The van der Waals surface area contributed by atoms with Crippen LogP contribution >= 0.6 is 0 Å². The van der Waals surface area contributed by atoms with Crippen molar-refractivity contribution in [3.05, 3.63) is 80.9 Å². The lowest BCUT2D eigenvalue weighted by Gasteiger charge is -2.18. The molecule has 0 spiro atoms. The van der Waals surface area contributed by atoms with Crippen molar-refractivity contribution in [1.29, 1.82) is 0 Å². The van der Waals surface area contributed by atoms with E-state index in [0.717, 1.165) is 25.1 Å². The molecule has 1 aromatic carbocycles. The van der Waals surface area contributed by atoms with E-state index in [0.29, 0.717) is 6.20 Å². The summed E-state index contributed by atoms with van der Waals surface area (Å²) in [6.45, 7) is 1.39. The number of hydrogen-bond donors (Lipinski definition) is 4. The number of H-pyrrole nitrogens is 1. The number of hydrogen-bond acceptors (Lipinski definition) is 7. The second-order valence-electron chi connectivity index (χ2n) is 8.74. The summed E-state index contributed by atoms with van der Waals surface area (Å²) in [5.74, 6) is -3.86. The number of aromatic amines is 1. The third kappa shape index (κ3) is 5.49. The topological polar surface area (TPSA) is 137 Å². The van der Waals surface area contributed by atoms with Gasteiger partial charge in [0, 0.05) is 30.6 Å². The SMILES string of the molecule is Cc1c(Oc2ncc(C(F)(F)F)c(C)c2-c2cc(=O)c3c(C(=O)NC[C@@H](O)CO)nccc3[nH]2)ccc(F)c1F. The second kappa shape index (κ2) is 11.0. The lowest BCUT2D eigenvalue weighted by atomic mass is 10.0. The normalized spacial score (nSPS) is 12.4. The van der Waals surface area contributed by atoms with Gasteiger partial charge in [0.25, 0.3) is 5.91 Å². The maximum absolute atomic E-state index is 14.1. The Morgan fingerprint density at radius 3 is 2.55 bits per heavy atom. The van der Waals surface area contributed by atoms with Gasteiger partial charge in [-0.15, -0.1) is 0 Å². The van der Waals surface area contributed by atoms with Crippen molar-refractivity contribution in [1.82, 2.24) is 20.3 Å². The van der Waals surface area contributed by atoms with Crippen molar-refractivity contribution in [2.75, 3.05) is 13.2 Å². The molecule has 0 unspecified atom stereocenters. The minimum absolute atomic E-state index is 0.0251. The number of alkyl halides is 3. The van der Waals surface area contributed by atoms with E-state index >= 15 is 0 Å². The van der Waals surface area contributed by atoms with Gasteiger partial charge in [0.1, 0.15) is 11.4 Å². The van der Waals surface area contributed by atoms with Gasteiger partial charge in [-0.1, -0.05) is 0 Å².